The summed E-state index contributed by atoms with van der Waals surface area (Å²) in [6.45, 7) is 5.73. The molecule has 102 valence electrons. The molecule has 5 heteroatoms. The van der Waals surface area contributed by atoms with E-state index in [1.165, 1.54) is 6.07 Å². The summed E-state index contributed by atoms with van der Waals surface area (Å²) in [6.07, 6.45) is 0.647. The Balaban J connectivity index is 3.01. The van der Waals surface area contributed by atoms with Crippen molar-refractivity contribution in [1.82, 2.24) is 0 Å². The summed E-state index contributed by atoms with van der Waals surface area (Å²) in [5.41, 5.74) is 6.97. The molecule has 1 rings (SSSR count). The van der Waals surface area contributed by atoms with Crippen molar-refractivity contribution in [3.8, 4) is 5.75 Å². The highest BCUT2D eigenvalue weighted by Gasteiger charge is 2.13. The maximum absolute atomic E-state index is 13.6. The van der Waals surface area contributed by atoms with Gasteiger partial charge in [0.1, 0.15) is 0 Å². The van der Waals surface area contributed by atoms with Gasteiger partial charge in [0.15, 0.2) is 11.6 Å². The molecule has 1 aromatic rings. The van der Waals surface area contributed by atoms with E-state index in [1.807, 2.05) is 11.8 Å². The first-order chi connectivity index (χ1) is 8.63. The van der Waals surface area contributed by atoms with Crippen LogP contribution in [0.25, 0.3) is 0 Å². The molecule has 0 amide bonds. The van der Waals surface area contributed by atoms with Crippen LogP contribution in [0, 0.1) is 5.82 Å². The van der Waals surface area contributed by atoms with E-state index in [0.717, 1.165) is 12.2 Å². The highest BCUT2D eigenvalue weighted by molar-refractivity contribution is 5.70. The zero-order chi connectivity index (χ0) is 13.5. The SMILES string of the molecule is CCOc1cc(N(CC)CCCO)c(N)cc1F. The third kappa shape index (κ3) is 3.50. The Bertz CT molecular complexity index is 385. The number of hydrogen-bond donors (Lipinski definition) is 2. The standard InChI is InChI=1S/C13H21FN2O2/c1-3-16(6-5-7-17)12-9-13(18-4-2)10(14)8-11(12)15/h8-9,17H,3-7,15H2,1-2H3. The second-order valence-corrected chi connectivity index (χ2v) is 3.93. The molecule has 0 aromatic heterocycles. The molecule has 1 aromatic carbocycles. The van der Waals surface area contributed by atoms with Crippen LogP contribution in [0.2, 0.25) is 0 Å². The molecule has 0 heterocycles. The maximum atomic E-state index is 13.6. The summed E-state index contributed by atoms with van der Waals surface area (Å²) in [5.74, 6) is -0.236. The number of nitrogens with two attached hydrogens (primary N) is 1. The van der Waals surface area contributed by atoms with Crippen LogP contribution < -0.4 is 15.4 Å². The van der Waals surface area contributed by atoms with Gasteiger partial charge >= 0.3 is 0 Å². The van der Waals surface area contributed by atoms with Crippen LogP contribution in [0.1, 0.15) is 20.3 Å². The van der Waals surface area contributed by atoms with Crippen LogP contribution in [0.4, 0.5) is 15.8 Å². The van der Waals surface area contributed by atoms with Gasteiger partial charge in [0, 0.05) is 31.8 Å². The number of rotatable bonds is 7. The lowest BCUT2D eigenvalue weighted by Gasteiger charge is -2.25. The van der Waals surface area contributed by atoms with Gasteiger partial charge in [-0.15, -0.1) is 0 Å². The van der Waals surface area contributed by atoms with E-state index >= 15 is 0 Å². The Labute approximate surface area is 107 Å². The van der Waals surface area contributed by atoms with Crippen molar-refractivity contribution in [2.75, 3.05) is 36.9 Å². The summed E-state index contributed by atoms with van der Waals surface area (Å²) < 4.78 is 18.8. The van der Waals surface area contributed by atoms with Crippen molar-refractivity contribution >= 4 is 11.4 Å². The van der Waals surface area contributed by atoms with Crippen LogP contribution in [0.15, 0.2) is 12.1 Å². The number of nitrogen functional groups attached to an aromatic ring is 1. The molecule has 0 radical (unpaired) electrons. The number of aliphatic hydroxyl groups is 1. The van der Waals surface area contributed by atoms with Crippen LogP contribution in [-0.2, 0) is 0 Å². The third-order valence-corrected chi connectivity index (χ3v) is 2.69. The predicted molar refractivity (Wildman–Crippen MR) is 71.6 cm³/mol. The summed E-state index contributed by atoms with van der Waals surface area (Å²) >= 11 is 0. The Morgan fingerprint density at radius 3 is 2.67 bits per heavy atom. The first-order valence-corrected chi connectivity index (χ1v) is 6.21. The second-order valence-electron chi connectivity index (χ2n) is 3.93. The lowest BCUT2D eigenvalue weighted by molar-refractivity contribution is 0.289. The average Bonchev–Trinajstić information content (AvgIpc) is 2.35. The minimum absolute atomic E-state index is 0.121. The number of ether oxygens (including phenoxy) is 1. The van der Waals surface area contributed by atoms with Crippen LogP contribution >= 0.6 is 0 Å². The normalized spacial score (nSPS) is 10.4. The number of halogens is 1. The topological polar surface area (TPSA) is 58.7 Å². The Hall–Kier alpha value is -1.49. The van der Waals surface area contributed by atoms with Gasteiger partial charge in [0.25, 0.3) is 0 Å². The quantitative estimate of drug-likeness (QED) is 0.733. The van der Waals surface area contributed by atoms with E-state index in [4.69, 9.17) is 15.6 Å². The summed E-state index contributed by atoms with van der Waals surface area (Å²) in [4.78, 5) is 1.99. The van der Waals surface area contributed by atoms with Gasteiger partial charge in [0.2, 0.25) is 0 Å². The van der Waals surface area contributed by atoms with Gasteiger partial charge in [-0.2, -0.15) is 0 Å². The fourth-order valence-corrected chi connectivity index (χ4v) is 1.81. The largest absolute Gasteiger partial charge is 0.491 e. The molecule has 0 fully saturated rings. The molecule has 0 spiro atoms. The molecule has 0 saturated carbocycles. The number of nitrogens with zero attached hydrogens (tertiary/aromatic N) is 1. The van der Waals surface area contributed by atoms with E-state index < -0.39 is 5.82 Å². The smallest absolute Gasteiger partial charge is 0.167 e. The number of anilines is 2. The molecule has 0 atom stereocenters. The Morgan fingerprint density at radius 1 is 1.39 bits per heavy atom. The Morgan fingerprint density at radius 2 is 2.11 bits per heavy atom. The molecule has 3 N–H and O–H groups in total. The van der Waals surface area contributed by atoms with Crippen molar-refractivity contribution in [2.24, 2.45) is 0 Å². The van der Waals surface area contributed by atoms with E-state index in [2.05, 4.69) is 0 Å². The molecule has 4 nitrogen and oxygen atoms in total. The molecule has 0 unspecified atom stereocenters. The van der Waals surface area contributed by atoms with E-state index in [9.17, 15) is 4.39 Å². The fourth-order valence-electron chi connectivity index (χ4n) is 1.81. The third-order valence-electron chi connectivity index (χ3n) is 2.69. The Kier molecular flexibility index (Phi) is 5.71. The molecule has 0 bridgehead atoms. The summed E-state index contributed by atoms with van der Waals surface area (Å²) in [5, 5.41) is 8.87. The molecule has 0 aliphatic heterocycles. The molecular weight excluding hydrogens is 235 g/mol. The monoisotopic (exact) mass is 256 g/mol. The van der Waals surface area contributed by atoms with Crippen molar-refractivity contribution < 1.29 is 14.2 Å². The second kappa shape index (κ2) is 7.06. The average molecular weight is 256 g/mol. The molecule has 0 saturated heterocycles. The molecule has 18 heavy (non-hydrogen) atoms. The highest BCUT2D eigenvalue weighted by atomic mass is 19.1. The van der Waals surface area contributed by atoms with Gasteiger partial charge in [-0.25, -0.2) is 4.39 Å². The summed E-state index contributed by atoms with van der Waals surface area (Å²) in [6, 6.07) is 2.90. The van der Waals surface area contributed by atoms with Gasteiger partial charge < -0.3 is 20.5 Å². The lowest BCUT2D eigenvalue weighted by atomic mass is 10.2. The van der Waals surface area contributed by atoms with Gasteiger partial charge in [-0.05, 0) is 20.3 Å². The summed E-state index contributed by atoms with van der Waals surface area (Å²) in [7, 11) is 0. The predicted octanol–water partition coefficient (Wildman–Crippen LogP) is 2.02. The minimum Gasteiger partial charge on any atom is -0.491 e. The van der Waals surface area contributed by atoms with Crippen LogP contribution in [0.3, 0.4) is 0 Å². The molecule has 0 aliphatic carbocycles. The van der Waals surface area contributed by atoms with Crippen LogP contribution in [0.5, 0.6) is 5.75 Å². The number of hydrogen-bond acceptors (Lipinski definition) is 4. The van der Waals surface area contributed by atoms with E-state index in [1.54, 1.807) is 13.0 Å². The molecular formula is C13H21FN2O2. The fraction of sp³-hybridized carbons (Fsp3) is 0.538. The van der Waals surface area contributed by atoms with Gasteiger partial charge in [-0.1, -0.05) is 0 Å². The maximum Gasteiger partial charge on any atom is 0.167 e. The molecule has 0 aliphatic rings. The first kappa shape index (κ1) is 14.6. The van der Waals surface area contributed by atoms with Crippen molar-refractivity contribution in [2.45, 2.75) is 20.3 Å². The zero-order valence-corrected chi connectivity index (χ0v) is 10.9. The van der Waals surface area contributed by atoms with E-state index in [0.29, 0.717) is 25.3 Å². The minimum atomic E-state index is -0.448. The van der Waals surface area contributed by atoms with E-state index in [-0.39, 0.29) is 12.4 Å². The highest BCUT2D eigenvalue weighted by Crippen LogP contribution is 2.31. The van der Waals surface area contributed by atoms with Crippen molar-refractivity contribution in [1.29, 1.82) is 0 Å². The zero-order valence-electron chi connectivity index (χ0n) is 10.9. The first-order valence-electron chi connectivity index (χ1n) is 6.21. The van der Waals surface area contributed by atoms with Crippen molar-refractivity contribution in [3.63, 3.8) is 0 Å². The van der Waals surface area contributed by atoms with Crippen molar-refractivity contribution in [3.05, 3.63) is 17.9 Å². The van der Waals surface area contributed by atoms with Gasteiger partial charge in [-0.3, -0.25) is 0 Å². The number of aliphatic hydroxyl groups excluding tert-OH is 1. The number of benzene rings is 1. The van der Waals surface area contributed by atoms with Crippen LogP contribution in [-0.4, -0.2) is 31.4 Å². The lowest BCUT2D eigenvalue weighted by Crippen LogP contribution is -2.25. The van der Waals surface area contributed by atoms with Gasteiger partial charge in [0.05, 0.1) is 18.0 Å².